The van der Waals surface area contributed by atoms with Crippen LogP contribution < -0.4 is 0 Å². The van der Waals surface area contributed by atoms with Crippen LogP contribution in [0.3, 0.4) is 0 Å². The molecule has 0 bridgehead atoms. The van der Waals surface area contributed by atoms with Crippen molar-refractivity contribution < 1.29 is 0 Å². The summed E-state index contributed by atoms with van der Waals surface area (Å²) < 4.78 is 0.934. The topological polar surface area (TPSA) is 38.7 Å². The van der Waals surface area contributed by atoms with E-state index in [0.29, 0.717) is 0 Å². The van der Waals surface area contributed by atoms with Crippen molar-refractivity contribution in [2.24, 2.45) is 0 Å². The van der Waals surface area contributed by atoms with Crippen molar-refractivity contribution in [1.82, 2.24) is 15.0 Å². The van der Waals surface area contributed by atoms with Crippen LogP contribution in [0.25, 0.3) is 11.0 Å². The number of halogens is 1. The summed E-state index contributed by atoms with van der Waals surface area (Å²) in [6.07, 6.45) is 3.60. The second-order valence-electron chi connectivity index (χ2n) is 4.56. The van der Waals surface area contributed by atoms with Gasteiger partial charge in [-0.15, -0.1) is 0 Å². The van der Waals surface area contributed by atoms with E-state index in [2.05, 4.69) is 49.9 Å². The maximum absolute atomic E-state index is 4.56. The summed E-state index contributed by atoms with van der Waals surface area (Å²) in [5.74, 6) is 0. The second kappa shape index (κ2) is 5.50. The van der Waals surface area contributed by atoms with Crippen LogP contribution in [0, 0.1) is 13.8 Å². The lowest BCUT2D eigenvalue weighted by Crippen LogP contribution is -1.89. The summed E-state index contributed by atoms with van der Waals surface area (Å²) in [7, 11) is 0. The van der Waals surface area contributed by atoms with Crippen LogP contribution in [0.15, 0.2) is 51.1 Å². The minimum atomic E-state index is 0.883. The number of pyridine rings is 3. The van der Waals surface area contributed by atoms with E-state index in [-0.39, 0.29) is 0 Å². The SMILES string of the molecule is Cc1cc(C)nc(Sc2ccnc3cc(Br)cnc23)c1. The molecule has 0 saturated heterocycles. The molecule has 0 amide bonds. The Morgan fingerprint density at radius 1 is 1.10 bits per heavy atom. The fraction of sp³-hybridized carbons (Fsp3) is 0.133. The zero-order chi connectivity index (χ0) is 14.1. The summed E-state index contributed by atoms with van der Waals surface area (Å²) in [6, 6.07) is 8.11. The monoisotopic (exact) mass is 345 g/mol. The van der Waals surface area contributed by atoms with Gasteiger partial charge in [0.2, 0.25) is 0 Å². The summed E-state index contributed by atoms with van der Waals surface area (Å²) in [4.78, 5) is 14.4. The number of nitrogens with zero attached hydrogens (tertiary/aromatic N) is 3. The van der Waals surface area contributed by atoms with Crippen molar-refractivity contribution in [3.05, 3.63) is 52.4 Å². The Balaban J connectivity index is 2.06. The first-order valence-corrected chi connectivity index (χ1v) is 7.76. The molecule has 5 heteroatoms. The predicted molar refractivity (Wildman–Crippen MR) is 85.1 cm³/mol. The minimum absolute atomic E-state index is 0.883. The molecule has 20 heavy (non-hydrogen) atoms. The molecule has 0 aliphatic carbocycles. The lowest BCUT2D eigenvalue weighted by Gasteiger charge is -2.06. The van der Waals surface area contributed by atoms with Gasteiger partial charge >= 0.3 is 0 Å². The van der Waals surface area contributed by atoms with Crippen molar-refractivity contribution in [3.63, 3.8) is 0 Å². The Labute approximate surface area is 130 Å². The summed E-state index contributed by atoms with van der Waals surface area (Å²) in [5, 5.41) is 0.986. The molecular formula is C15H12BrN3S. The van der Waals surface area contributed by atoms with Gasteiger partial charge < -0.3 is 0 Å². The van der Waals surface area contributed by atoms with E-state index in [1.807, 2.05) is 19.1 Å². The molecule has 3 aromatic heterocycles. The Morgan fingerprint density at radius 3 is 2.75 bits per heavy atom. The molecule has 0 N–H and O–H groups in total. The molecule has 3 heterocycles. The molecule has 0 unspecified atom stereocenters. The summed E-state index contributed by atoms with van der Waals surface area (Å²) >= 11 is 5.04. The third kappa shape index (κ3) is 2.83. The van der Waals surface area contributed by atoms with Gasteiger partial charge in [-0.25, -0.2) is 4.98 Å². The molecule has 3 aromatic rings. The van der Waals surface area contributed by atoms with Gasteiger partial charge in [0.1, 0.15) is 10.5 Å². The van der Waals surface area contributed by atoms with Crippen LogP contribution in [0.1, 0.15) is 11.3 Å². The predicted octanol–water partition coefficient (Wildman–Crippen LogP) is 4.56. The largest absolute Gasteiger partial charge is 0.254 e. The van der Waals surface area contributed by atoms with Gasteiger partial charge in [-0.05, 0) is 59.6 Å². The lowest BCUT2D eigenvalue weighted by molar-refractivity contribution is 1.05. The number of aryl methyl sites for hydroxylation is 2. The molecule has 0 saturated carbocycles. The molecule has 100 valence electrons. The van der Waals surface area contributed by atoms with Gasteiger partial charge in [0.05, 0.1) is 5.52 Å². The highest BCUT2D eigenvalue weighted by Crippen LogP contribution is 2.31. The van der Waals surface area contributed by atoms with E-state index in [4.69, 9.17) is 0 Å². The van der Waals surface area contributed by atoms with Crippen LogP contribution in [-0.2, 0) is 0 Å². The molecular weight excluding hydrogens is 334 g/mol. The quantitative estimate of drug-likeness (QED) is 0.682. The first kappa shape index (κ1) is 13.5. The smallest absolute Gasteiger partial charge is 0.103 e. The summed E-state index contributed by atoms with van der Waals surface area (Å²) in [6.45, 7) is 4.09. The van der Waals surface area contributed by atoms with Crippen LogP contribution in [0.5, 0.6) is 0 Å². The highest BCUT2D eigenvalue weighted by atomic mass is 79.9. The fourth-order valence-electron chi connectivity index (χ4n) is 2.03. The standard InChI is InChI=1S/C15H12BrN3S/c1-9-5-10(2)19-14(6-9)20-13-3-4-17-12-7-11(16)8-18-15(12)13/h3-8H,1-2H3. The van der Waals surface area contributed by atoms with Gasteiger partial charge in [-0.2, -0.15) is 0 Å². The van der Waals surface area contributed by atoms with Gasteiger partial charge in [0.25, 0.3) is 0 Å². The van der Waals surface area contributed by atoms with Crippen LogP contribution >= 0.6 is 27.7 Å². The zero-order valence-electron chi connectivity index (χ0n) is 11.1. The second-order valence-corrected chi connectivity index (χ2v) is 6.53. The number of hydrogen-bond donors (Lipinski definition) is 0. The number of fused-ring (bicyclic) bond motifs is 1. The molecule has 0 radical (unpaired) electrons. The van der Waals surface area contributed by atoms with Crippen LogP contribution in [0.4, 0.5) is 0 Å². The molecule has 3 rings (SSSR count). The van der Waals surface area contributed by atoms with E-state index < -0.39 is 0 Å². The maximum Gasteiger partial charge on any atom is 0.103 e. The van der Waals surface area contributed by atoms with Gasteiger partial charge in [0, 0.05) is 27.5 Å². The van der Waals surface area contributed by atoms with Crippen LogP contribution in [0.2, 0.25) is 0 Å². The fourth-order valence-corrected chi connectivity index (χ4v) is 3.39. The number of hydrogen-bond acceptors (Lipinski definition) is 4. The minimum Gasteiger partial charge on any atom is -0.254 e. The van der Waals surface area contributed by atoms with Crippen molar-refractivity contribution in [2.45, 2.75) is 23.8 Å². The van der Waals surface area contributed by atoms with Gasteiger partial charge in [-0.3, -0.25) is 9.97 Å². The first-order chi connectivity index (χ1) is 9.61. The van der Waals surface area contributed by atoms with Crippen molar-refractivity contribution in [3.8, 4) is 0 Å². The Hall–Kier alpha value is -1.46. The van der Waals surface area contributed by atoms with E-state index in [0.717, 1.165) is 31.1 Å². The Bertz CT molecular complexity index is 769. The highest BCUT2D eigenvalue weighted by Gasteiger charge is 2.07. The normalized spacial score (nSPS) is 10.9. The van der Waals surface area contributed by atoms with E-state index >= 15 is 0 Å². The molecule has 3 nitrogen and oxygen atoms in total. The van der Waals surface area contributed by atoms with E-state index in [1.54, 1.807) is 24.2 Å². The molecule has 0 fully saturated rings. The van der Waals surface area contributed by atoms with Crippen LogP contribution in [-0.4, -0.2) is 15.0 Å². The van der Waals surface area contributed by atoms with Crippen molar-refractivity contribution >= 4 is 38.7 Å². The van der Waals surface area contributed by atoms with Gasteiger partial charge in [0.15, 0.2) is 0 Å². The third-order valence-electron chi connectivity index (χ3n) is 2.80. The third-order valence-corrected chi connectivity index (χ3v) is 4.20. The molecule has 0 aliphatic heterocycles. The first-order valence-electron chi connectivity index (χ1n) is 6.15. The average Bonchev–Trinajstić information content (AvgIpc) is 2.37. The molecule has 0 atom stereocenters. The summed E-state index contributed by atoms with van der Waals surface area (Å²) in [5.41, 5.74) is 4.03. The Kier molecular flexibility index (Phi) is 3.72. The number of rotatable bonds is 2. The average molecular weight is 346 g/mol. The van der Waals surface area contributed by atoms with E-state index in [9.17, 15) is 0 Å². The van der Waals surface area contributed by atoms with Crippen molar-refractivity contribution in [2.75, 3.05) is 0 Å². The highest BCUT2D eigenvalue weighted by molar-refractivity contribution is 9.10. The molecule has 0 spiro atoms. The number of aromatic nitrogens is 3. The zero-order valence-corrected chi connectivity index (χ0v) is 13.5. The van der Waals surface area contributed by atoms with E-state index in [1.165, 1.54) is 5.56 Å². The maximum atomic E-state index is 4.56. The molecule has 0 aliphatic rings. The lowest BCUT2D eigenvalue weighted by atomic mass is 10.3. The Morgan fingerprint density at radius 2 is 1.95 bits per heavy atom. The molecule has 0 aromatic carbocycles. The van der Waals surface area contributed by atoms with Gasteiger partial charge in [-0.1, -0.05) is 11.8 Å². The van der Waals surface area contributed by atoms with Crippen molar-refractivity contribution in [1.29, 1.82) is 0 Å².